The lowest BCUT2D eigenvalue weighted by atomic mass is 10.1. The largest absolute Gasteiger partial charge is 0.492 e. The topological polar surface area (TPSA) is 85.1 Å². The zero-order chi connectivity index (χ0) is 20.6. The molecule has 2 aromatic rings. The summed E-state index contributed by atoms with van der Waals surface area (Å²) in [6.45, 7) is 6.08. The lowest BCUT2D eigenvalue weighted by Crippen LogP contribution is -2.50. The van der Waals surface area contributed by atoms with Gasteiger partial charge in [0, 0.05) is 32.7 Å². The van der Waals surface area contributed by atoms with Crippen molar-refractivity contribution < 1.29 is 19.1 Å². The van der Waals surface area contributed by atoms with Gasteiger partial charge in [0.15, 0.2) is 6.61 Å². The molecule has 29 heavy (non-hydrogen) atoms. The number of benzene rings is 2. The molecular formula is C22H27N3O4. The highest BCUT2D eigenvalue weighted by Crippen LogP contribution is 2.20. The maximum absolute atomic E-state index is 12.5. The molecule has 2 aromatic carbocycles. The molecule has 0 radical (unpaired) electrons. The minimum atomic E-state index is -0.571. The van der Waals surface area contributed by atoms with Gasteiger partial charge in [-0.05, 0) is 36.8 Å². The van der Waals surface area contributed by atoms with Gasteiger partial charge >= 0.3 is 0 Å². The Kier molecular flexibility index (Phi) is 7.08. The van der Waals surface area contributed by atoms with E-state index in [2.05, 4.69) is 4.90 Å². The van der Waals surface area contributed by atoms with Gasteiger partial charge in [-0.2, -0.15) is 0 Å². The Morgan fingerprint density at radius 3 is 2.41 bits per heavy atom. The number of nitrogens with two attached hydrogens (primary N) is 1. The van der Waals surface area contributed by atoms with E-state index in [1.54, 1.807) is 23.1 Å². The number of amides is 2. The summed E-state index contributed by atoms with van der Waals surface area (Å²) in [5, 5.41) is 0. The lowest BCUT2D eigenvalue weighted by Gasteiger charge is -2.34. The molecular weight excluding hydrogens is 370 g/mol. The number of hydrogen-bond acceptors (Lipinski definition) is 5. The molecule has 0 aliphatic carbocycles. The number of nitrogens with zero attached hydrogens (tertiary/aromatic N) is 2. The predicted octanol–water partition coefficient (Wildman–Crippen LogP) is 1.70. The number of para-hydroxylation sites is 1. The van der Waals surface area contributed by atoms with Gasteiger partial charge in [0.25, 0.3) is 11.8 Å². The molecule has 7 nitrogen and oxygen atoms in total. The molecule has 0 saturated carbocycles. The van der Waals surface area contributed by atoms with Crippen molar-refractivity contribution in [1.29, 1.82) is 0 Å². The summed E-state index contributed by atoms with van der Waals surface area (Å²) in [4.78, 5) is 28.1. The average molecular weight is 397 g/mol. The van der Waals surface area contributed by atoms with E-state index in [9.17, 15) is 9.59 Å². The van der Waals surface area contributed by atoms with Crippen LogP contribution in [0.5, 0.6) is 11.5 Å². The Hall–Kier alpha value is -3.06. The third-order valence-electron chi connectivity index (χ3n) is 4.90. The molecule has 1 heterocycles. The van der Waals surface area contributed by atoms with E-state index >= 15 is 0 Å². The number of carbonyl (C=O) groups is 2. The fourth-order valence-corrected chi connectivity index (χ4v) is 3.21. The molecule has 1 saturated heterocycles. The second-order valence-corrected chi connectivity index (χ2v) is 7.04. The first-order valence-corrected chi connectivity index (χ1v) is 9.74. The Bertz CT molecular complexity index is 833. The van der Waals surface area contributed by atoms with Crippen molar-refractivity contribution >= 4 is 11.8 Å². The zero-order valence-corrected chi connectivity index (χ0v) is 16.7. The van der Waals surface area contributed by atoms with E-state index in [-0.39, 0.29) is 18.1 Å². The maximum atomic E-state index is 12.5. The van der Waals surface area contributed by atoms with Crippen LogP contribution in [0, 0.1) is 6.92 Å². The molecule has 1 aliphatic rings. The first-order chi connectivity index (χ1) is 14.0. The number of hydrogen-bond donors (Lipinski definition) is 1. The van der Waals surface area contributed by atoms with E-state index in [0.717, 1.165) is 30.9 Å². The van der Waals surface area contributed by atoms with Crippen molar-refractivity contribution in [3.05, 3.63) is 59.7 Å². The summed E-state index contributed by atoms with van der Waals surface area (Å²) in [7, 11) is 0. The van der Waals surface area contributed by atoms with Gasteiger partial charge in [-0.1, -0.05) is 24.3 Å². The van der Waals surface area contributed by atoms with Gasteiger partial charge in [0.2, 0.25) is 0 Å². The fraction of sp³-hybridized carbons (Fsp3) is 0.364. The highest BCUT2D eigenvalue weighted by Gasteiger charge is 2.22. The molecule has 1 fully saturated rings. The van der Waals surface area contributed by atoms with E-state index in [0.29, 0.717) is 25.4 Å². The van der Waals surface area contributed by atoms with Crippen molar-refractivity contribution in [2.75, 3.05) is 45.9 Å². The normalized spacial score (nSPS) is 14.4. The molecule has 154 valence electrons. The second-order valence-electron chi connectivity index (χ2n) is 7.04. The van der Waals surface area contributed by atoms with Crippen molar-refractivity contribution in [3.8, 4) is 11.5 Å². The van der Waals surface area contributed by atoms with Crippen LogP contribution in [0.3, 0.4) is 0 Å². The molecule has 0 unspecified atom stereocenters. The first kappa shape index (κ1) is 20.7. The summed E-state index contributed by atoms with van der Waals surface area (Å²) < 4.78 is 11.3. The van der Waals surface area contributed by atoms with Gasteiger partial charge in [-0.3, -0.25) is 14.5 Å². The first-order valence-electron chi connectivity index (χ1n) is 9.74. The van der Waals surface area contributed by atoms with Gasteiger partial charge in [-0.25, -0.2) is 0 Å². The molecule has 0 atom stereocenters. The highest BCUT2D eigenvalue weighted by atomic mass is 16.5. The standard InChI is InChI=1S/C22H27N3O4/c1-17-7-8-19(22(23)27)20(15-17)29-16-21(26)25-11-9-24(10-12-25)13-14-28-18-5-3-2-4-6-18/h2-8,15H,9-14,16H2,1H3,(H2,23,27). The number of ether oxygens (including phenoxy) is 2. The molecule has 0 spiro atoms. The molecule has 3 rings (SSSR count). The quantitative estimate of drug-likeness (QED) is 0.733. The third-order valence-corrected chi connectivity index (χ3v) is 4.90. The average Bonchev–Trinajstić information content (AvgIpc) is 2.73. The molecule has 2 amide bonds. The maximum Gasteiger partial charge on any atom is 0.260 e. The summed E-state index contributed by atoms with van der Waals surface area (Å²) in [5.41, 5.74) is 6.59. The van der Waals surface area contributed by atoms with Crippen molar-refractivity contribution in [2.24, 2.45) is 5.73 Å². The van der Waals surface area contributed by atoms with Gasteiger partial charge in [-0.15, -0.1) is 0 Å². The van der Waals surface area contributed by atoms with Crippen LogP contribution in [0.1, 0.15) is 15.9 Å². The Balaban J connectivity index is 1.41. The molecule has 0 aromatic heterocycles. The third kappa shape index (κ3) is 5.96. The highest BCUT2D eigenvalue weighted by molar-refractivity contribution is 5.95. The predicted molar refractivity (Wildman–Crippen MR) is 110 cm³/mol. The van der Waals surface area contributed by atoms with Crippen LogP contribution in [-0.2, 0) is 4.79 Å². The van der Waals surface area contributed by atoms with Gasteiger partial charge < -0.3 is 20.1 Å². The van der Waals surface area contributed by atoms with Crippen molar-refractivity contribution in [3.63, 3.8) is 0 Å². The smallest absolute Gasteiger partial charge is 0.260 e. The minimum absolute atomic E-state index is 0.0953. The van der Waals surface area contributed by atoms with Crippen LogP contribution < -0.4 is 15.2 Å². The Morgan fingerprint density at radius 1 is 1.00 bits per heavy atom. The van der Waals surface area contributed by atoms with Crippen LogP contribution in [0.2, 0.25) is 0 Å². The van der Waals surface area contributed by atoms with Gasteiger partial charge in [0.05, 0.1) is 5.56 Å². The monoisotopic (exact) mass is 397 g/mol. The molecule has 2 N–H and O–H groups in total. The number of primary amides is 1. The van der Waals surface area contributed by atoms with Gasteiger partial charge in [0.1, 0.15) is 18.1 Å². The number of aryl methyl sites for hydroxylation is 1. The Labute approximate surface area is 171 Å². The summed E-state index contributed by atoms with van der Waals surface area (Å²) in [5.74, 6) is 0.549. The number of rotatable bonds is 8. The number of piperazine rings is 1. The van der Waals surface area contributed by atoms with Crippen LogP contribution in [0.15, 0.2) is 48.5 Å². The molecule has 7 heteroatoms. The number of carbonyl (C=O) groups excluding carboxylic acids is 2. The SMILES string of the molecule is Cc1ccc(C(N)=O)c(OCC(=O)N2CCN(CCOc3ccccc3)CC2)c1. The van der Waals surface area contributed by atoms with Crippen molar-refractivity contribution in [1.82, 2.24) is 9.80 Å². The summed E-state index contributed by atoms with van der Waals surface area (Å²) in [6, 6.07) is 14.9. The minimum Gasteiger partial charge on any atom is -0.492 e. The Morgan fingerprint density at radius 2 is 1.72 bits per heavy atom. The summed E-state index contributed by atoms with van der Waals surface area (Å²) >= 11 is 0. The lowest BCUT2D eigenvalue weighted by molar-refractivity contribution is -0.135. The van der Waals surface area contributed by atoms with Crippen LogP contribution in [0.25, 0.3) is 0 Å². The van der Waals surface area contributed by atoms with Crippen LogP contribution in [0.4, 0.5) is 0 Å². The van der Waals surface area contributed by atoms with Crippen molar-refractivity contribution in [2.45, 2.75) is 6.92 Å². The zero-order valence-electron chi connectivity index (χ0n) is 16.7. The van der Waals surface area contributed by atoms with E-state index in [1.165, 1.54) is 0 Å². The second kappa shape index (κ2) is 9.93. The summed E-state index contributed by atoms with van der Waals surface area (Å²) in [6.07, 6.45) is 0. The fourth-order valence-electron chi connectivity index (χ4n) is 3.21. The van der Waals surface area contributed by atoms with E-state index < -0.39 is 5.91 Å². The van der Waals surface area contributed by atoms with E-state index in [4.69, 9.17) is 15.2 Å². The molecule has 0 bridgehead atoms. The molecule has 1 aliphatic heterocycles. The van der Waals surface area contributed by atoms with E-state index in [1.807, 2.05) is 37.3 Å². The van der Waals surface area contributed by atoms with Crippen LogP contribution in [-0.4, -0.2) is 67.6 Å². The van der Waals surface area contributed by atoms with Crippen LogP contribution >= 0.6 is 0 Å².